The maximum absolute atomic E-state index is 14.0. The zero-order chi connectivity index (χ0) is 16.0. The number of aromatic nitrogens is 4. The number of carbonyl (C=O) groups is 1. The van der Waals surface area contributed by atoms with Crippen molar-refractivity contribution in [2.45, 2.75) is 37.8 Å². The van der Waals surface area contributed by atoms with E-state index in [0.717, 1.165) is 19.4 Å². The monoisotopic (exact) mass is 339 g/mol. The van der Waals surface area contributed by atoms with E-state index in [1.807, 2.05) is 4.57 Å². The van der Waals surface area contributed by atoms with E-state index < -0.39 is 30.8 Å². The van der Waals surface area contributed by atoms with Crippen LogP contribution in [-0.4, -0.2) is 43.0 Å². The van der Waals surface area contributed by atoms with Gasteiger partial charge in [0.25, 0.3) is 11.8 Å². The average Bonchev–Trinajstić information content (AvgIpc) is 2.94. The fraction of sp³-hybridized carbons (Fsp3) is 0.571. The Balaban J connectivity index is 1.64. The van der Waals surface area contributed by atoms with Gasteiger partial charge >= 0.3 is 0 Å². The molecule has 0 aromatic carbocycles. The number of likely N-dealkylation sites (tertiary alicyclic amines) is 1. The lowest BCUT2D eigenvalue weighted by Crippen LogP contribution is -2.34. The molecule has 0 radical (unpaired) electrons. The first-order valence-corrected chi connectivity index (χ1v) is 8.42. The summed E-state index contributed by atoms with van der Waals surface area (Å²) in [4.78, 5) is 17.7. The lowest BCUT2D eigenvalue weighted by molar-refractivity contribution is 0.0117. The zero-order valence-electron chi connectivity index (χ0n) is 12.2. The minimum Gasteiger partial charge on any atom is -0.321 e. The fourth-order valence-corrected chi connectivity index (χ4v) is 3.49. The minimum atomic E-state index is -2.92. The molecule has 2 aromatic rings. The van der Waals surface area contributed by atoms with Crippen LogP contribution in [0, 0.1) is 5.92 Å². The molecule has 9 heteroatoms. The maximum Gasteiger partial charge on any atom is 0.274 e. The number of amides is 1. The van der Waals surface area contributed by atoms with Crippen molar-refractivity contribution >= 4 is 17.2 Å². The van der Waals surface area contributed by atoms with Gasteiger partial charge in [-0.2, -0.15) is 0 Å². The Kier molecular flexibility index (Phi) is 3.40. The van der Waals surface area contributed by atoms with E-state index in [1.165, 1.54) is 21.7 Å². The first kappa shape index (κ1) is 14.7. The van der Waals surface area contributed by atoms with Crippen LogP contribution in [0.1, 0.15) is 41.6 Å². The molecular weight excluding hydrogens is 324 g/mol. The van der Waals surface area contributed by atoms with Crippen LogP contribution in [0.2, 0.25) is 0 Å². The minimum absolute atomic E-state index is 0.200. The van der Waals surface area contributed by atoms with Gasteiger partial charge in [-0.25, -0.2) is 13.8 Å². The van der Waals surface area contributed by atoms with Crippen molar-refractivity contribution in [3.05, 3.63) is 28.7 Å². The standard InChI is InChI=1S/C14H15F2N5OS/c15-14(16)3-11(12-19-18-7-20(12)4-9-1-2-9)21(6-14)13(22)10-5-23-8-17-10/h5,7-9,11H,1-4,6H2/t11-/m0/s1. The van der Waals surface area contributed by atoms with Gasteiger partial charge in [-0.15, -0.1) is 21.5 Å². The second-order valence-electron chi connectivity index (χ2n) is 6.17. The number of thiazole rings is 1. The summed E-state index contributed by atoms with van der Waals surface area (Å²) in [6.07, 6.45) is 3.42. The van der Waals surface area contributed by atoms with Crippen molar-refractivity contribution in [3.8, 4) is 0 Å². The van der Waals surface area contributed by atoms with E-state index in [4.69, 9.17) is 0 Å². The molecule has 1 atom stereocenters. The number of nitrogens with zero attached hydrogens (tertiary/aromatic N) is 5. The van der Waals surface area contributed by atoms with Crippen LogP contribution in [0.25, 0.3) is 0 Å². The molecule has 0 N–H and O–H groups in total. The van der Waals surface area contributed by atoms with Crippen molar-refractivity contribution in [2.24, 2.45) is 5.92 Å². The molecule has 1 aliphatic heterocycles. The van der Waals surface area contributed by atoms with Crippen molar-refractivity contribution in [1.29, 1.82) is 0 Å². The van der Waals surface area contributed by atoms with Crippen LogP contribution in [0.3, 0.4) is 0 Å². The smallest absolute Gasteiger partial charge is 0.274 e. The van der Waals surface area contributed by atoms with Crippen molar-refractivity contribution < 1.29 is 13.6 Å². The van der Waals surface area contributed by atoms with Crippen LogP contribution in [0.5, 0.6) is 0 Å². The predicted octanol–water partition coefficient (Wildman–Crippen LogP) is 2.37. The molecule has 122 valence electrons. The number of hydrogen-bond donors (Lipinski definition) is 0. The summed E-state index contributed by atoms with van der Waals surface area (Å²) in [5.41, 5.74) is 1.72. The van der Waals surface area contributed by atoms with Crippen molar-refractivity contribution in [1.82, 2.24) is 24.6 Å². The SMILES string of the molecule is O=C(c1cscn1)N1CC(F)(F)C[C@H]1c1nncn1CC1CC1. The highest BCUT2D eigenvalue weighted by atomic mass is 32.1. The van der Waals surface area contributed by atoms with Crippen LogP contribution >= 0.6 is 11.3 Å². The van der Waals surface area contributed by atoms with Gasteiger partial charge in [-0.05, 0) is 18.8 Å². The van der Waals surface area contributed by atoms with Gasteiger partial charge in [0.05, 0.1) is 18.1 Å². The highest BCUT2D eigenvalue weighted by molar-refractivity contribution is 7.07. The second kappa shape index (κ2) is 5.33. The zero-order valence-corrected chi connectivity index (χ0v) is 13.0. The molecule has 2 aromatic heterocycles. The van der Waals surface area contributed by atoms with Gasteiger partial charge in [-0.1, -0.05) is 0 Å². The van der Waals surface area contributed by atoms with Gasteiger partial charge in [0.15, 0.2) is 5.82 Å². The summed E-state index contributed by atoms with van der Waals surface area (Å²) in [5.74, 6) is -2.39. The van der Waals surface area contributed by atoms with Crippen LogP contribution in [-0.2, 0) is 6.54 Å². The number of rotatable bonds is 4. The first-order chi connectivity index (χ1) is 11.0. The average molecular weight is 339 g/mol. The summed E-state index contributed by atoms with van der Waals surface area (Å²) in [6.45, 7) is 0.119. The molecular formula is C14H15F2N5OS. The molecule has 1 aliphatic carbocycles. The number of hydrogen-bond acceptors (Lipinski definition) is 5. The predicted molar refractivity (Wildman–Crippen MR) is 78.2 cm³/mol. The van der Waals surface area contributed by atoms with Crippen LogP contribution in [0.15, 0.2) is 17.2 Å². The Morgan fingerprint density at radius 2 is 2.26 bits per heavy atom. The van der Waals surface area contributed by atoms with Crippen LogP contribution in [0.4, 0.5) is 8.78 Å². The summed E-state index contributed by atoms with van der Waals surface area (Å²) in [5, 5.41) is 9.47. The Bertz CT molecular complexity index is 713. The van der Waals surface area contributed by atoms with Crippen LogP contribution < -0.4 is 0 Å². The Hall–Kier alpha value is -1.90. The highest BCUT2D eigenvalue weighted by Crippen LogP contribution is 2.41. The Labute approximate surface area is 135 Å². The third-order valence-electron chi connectivity index (χ3n) is 4.28. The molecule has 4 rings (SSSR count). The van der Waals surface area contributed by atoms with Gasteiger partial charge in [0.1, 0.15) is 12.0 Å². The highest BCUT2D eigenvalue weighted by Gasteiger charge is 2.49. The van der Waals surface area contributed by atoms with E-state index in [2.05, 4.69) is 15.2 Å². The van der Waals surface area contributed by atoms with Crippen molar-refractivity contribution in [2.75, 3.05) is 6.54 Å². The molecule has 1 saturated carbocycles. The quantitative estimate of drug-likeness (QED) is 0.858. The topological polar surface area (TPSA) is 63.9 Å². The summed E-state index contributed by atoms with van der Waals surface area (Å²) < 4.78 is 29.8. The van der Waals surface area contributed by atoms with Crippen molar-refractivity contribution in [3.63, 3.8) is 0 Å². The first-order valence-electron chi connectivity index (χ1n) is 7.48. The maximum atomic E-state index is 14.0. The molecule has 0 bridgehead atoms. The van der Waals surface area contributed by atoms with E-state index in [9.17, 15) is 13.6 Å². The molecule has 2 aliphatic rings. The van der Waals surface area contributed by atoms with E-state index in [-0.39, 0.29) is 5.69 Å². The number of carbonyl (C=O) groups excluding carboxylic acids is 1. The molecule has 0 unspecified atom stereocenters. The second-order valence-corrected chi connectivity index (χ2v) is 6.89. The molecule has 2 fully saturated rings. The lowest BCUT2D eigenvalue weighted by atomic mass is 10.1. The van der Waals surface area contributed by atoms with Gasteiger partial charge in [0, 0.05) is 18.3 Å². The molecule has 23 heavy (non-hydrogen) atoms. The van der Waals surface area contributed by atoms with Gasteiger partial charge in [0.2, 0.25) is 0 Å². The normalized spacial score (nSPS) is 23.4. The fourth-order valence-electron chi connectivity index (χ4n) is 2.97. The Morgan fingerprint density at radius 1 is 1.43 bits per heavy atom. The number of alkyl halides is 2. The van der Waals surface area contributed by atoms with E-state index >= 15 is 0 Å². The number of halogens is 2. The summed E-state index contributed by atoms with van der Waals surface area (Å²) >= 11 is 1.27. The van der Waals surface area contributed by atoms with E-state index in [0.29, 0.717) is 11.7 Å². The van der Waals surface area contributed by atoms with Gasteiger partial charge in [-0.3, -0.25) is 4.79 Å². The lowest BCUT2D eigenvalue weighted by Gasteiger charge is -2.22. The molecule has 6 nitrogen and oxygen atoms in total. The molecule has 3 heterocycles. The largest absolute Gasteiger partial charge is 0.321 e. The molecule has 1 saturated heterocycles. The molecule has 0 spiro atoms. The third kappa shape index (κ3) is 2.85. The third-order valence-corrected chi connectivity index (χ3v) is 4.86. The Morgan fingerprint density at radius 3 is 2.96 bits per heavy atom. The van der Waals surface area contributed by atoms with Gasteiger partial charge < -0.3 is 9.47 Å². The van der Waals surface area contributed by atoms with E-state index in [1.54, 1.807) is 11.7 Å². The summed E-state index contributed by atoms with van der Waals surface area (Å²) in [7, 11) is 0. The summed E-state index contributed by atoms with van der Waals surface area (Å²) in [6, 6.07) is -0.763. The molecule has 1 amide bonds.